The van der Waals surface area contributed by atoms with Crippen molar-refractivity contribution in [2.45, 2.75) is 35.3 Å². The number of amides is 1. The molecule has 2 aliphatic heterocycles. The Bertz CT molecular complexity index is 960. The summed E-state index contributed by atoms with van der Waals surface area (Å²) >= 11 is 1.53. The summed E-state index contributed by atoms with van der Waals surface area (Å²) in [5.74, 6) is 0.840. The molecule has 2 fully saturated rings. The van der Waals surface area contributed by atoms with Crippen molar-refractivity contribution in [3.8, 4) is 0 Å². The average molecular weight is 447 g/mol. The summed E-state index contributed by atoms with van der Waals surface area (Å²) < 4.78 is 27.5. The van der Waals surface area contributed by atoms with Gasteiger partial charge in [0.25, 0.3) is 0 Å². The van der Waals surface area contributed by atoms with Gasteiger partial charge in [0.05, 0.1) is 5.03 Å². The summed E-state index contributed by atoms with van der Waals surface area (Å²) in [6.45, 7) is 3.22. The second-order valence-electron chi connectivity index (χ2n) is 7.61. The minimum Gasteiger partial charge on any atom is -0.353 e. The monoisotopic (exact) mass is 446 g/mol. The lowest BCUT2D eigenvalue weighted by Crippen LogP contribution is -2.48. The van der Waals surface area contributed by atoms with Crippen LogP contribution in [0.3, 0.4) is 0 Å². The molecular weight excluding hydrogens is 420 g/mol. The van der Waals surface area contributed by atoms with Gasteiger partial charge < -0.3 is 5.32 Å². The van der Waals surface area contributed by atoms with E-state index in [1.54, 1.807) is 16.4 Å². The van der Waals surface area contributed by atoms with Crippen molar-refractivity contribution in [2.24, 2.45) is 0 Å². The van der Waals surface area contributed by atoms with E-state index in [2.05, 4.69) is 27.3 Å². The van der Waals surface area contributed by atoms with Gasteiger partial charge in [0.15, 0.2) is 0 Å². The van der Waals surface area contributed by atoms with E-state index in [1.165, 1.54) is 23.5 Å². The molecule has 1 aromatic carbocycles. The van der Waals surface area contributed by atoms with Gasteiger partial charge in [0.2, 0.25) is 15.9 Å². The van der Waals surface area contributed by atoms with Gasteiger partial charge in [-0.1, -0.05) is 30.3 Å². The summed E-state index contributed by atoms with van der Waals surface area (Å²) in [5.41, 5.74) is 1.24. The number of sulfonamides is 1. The third-order valence-electron chi connectivity index (χ3n) is 5.44. The average Bonchev–Trinajstić information content (AvgIpc) is 3.19. The van der Waals surface area contributed by atoms with Gasteiger partial charge in [0.1, 0.15) is 4.90 Å². The fourth-order valence-corrected chi connectivity index (χ4v) is 5.99. The maximum Gasteiger partial charge on any atom is 0.244 e. The van der Waals surface area contributed by atoms with Gasteiger partial charge in [-0.25, -0.2) is 13.4 Å². The van der Waals surface area contributed by atoms with E-state index in [4.69, 9.17) is 0 Å². The van der Waals surface area contributed by atoms with Crippen LogP contribution in [0.2, 0.25) is 0 Å². The molecule has 0 spiro atoms. The number of nitrogens with one attached hydrogen (secondary N) is 1. The van der Waals surface area contributed by atoms with Crippen LogP contribution in [0.25, 0.3) is 0 Å². The Morgan fingerprint density at radius 2 is 1.83 bits per heavy atom. The molecule has 0 bridgehead atoms. The highest BCUT2D eigenvalue weighted by Gasteiger charge is 2.29. The molecule has 0 aliphatic carbocycles. The number of carbonyl (C=O) groups excluding carboxylic acids is 1. The molecular formula is C21H26N4O3S2. The van der Waals surface area contributed by atoms with Gasteiger partial charge in [-0.05, 0) is 24.1 Å². The highest BCUT2D eigenvalue weighted by atomic mass is 32.2. The molecule has 2 saturated heterocycles. The smallest absolute Gasteiger partial charge is 0.244 e. The Labute approximate surface area is 181 Å². The first-order valence-corrected chi connectivity index (χ1v) is 12.6. The Morgan fingerprint density at radius 3 is 2.47 bits per heavy atom. The minimum atomic E-state index is -3.54. The molecule has 4 rings (SSSR count). The van der Waals surface area contributed by atoms with Gasteiger partial charge in [0, 0.05) is 57.1 Å². The topological polar surface area (TPSA) is 82.6 Å². The normalized spacial score (nSPS) is 20.9. The van der Waals surface area contributed by atoms with Crippen molar-refractivity contribution in [1.82, 2.24) is 19.5 Å². The fraction of sp³-hybridized carbons (Fsp3) is 0.429. The summed E-state index contributed by atoms with van der Waals surface area (Å²) in [4.78, 5) is 18.1. The lowest BCUT2D eigenvalue weighted by atomic mass is 10.2. The number of pyridine rings is 1. The third-order valence-corrected chi connectivity index (χ3v) is 8.43. The van der Waals surface area contributed by atoms with E-state index < -0.39 is 10.0 Å². The lowest BCUT2D eigenvalue weighted by Gasteiger charge is -2.33. The van der Waals surface area contributed by atoms with E-state index in [0.29, 0.717) is 32.6 Å². The van der Waals surface area contributed by atoms with Crippen LogP contribution in [-0.4, -0.2) is 66.5 Å². The molecule has 1 unspecified atom stereocenters. The molecule has 1 N–H and O–H groups in total. The van der Waals surface area contributed by atoms with Crippen LogP contribution in [0.1, 0.15) is 18.4 Å². The van der Waals surface area contributed by atoms with Crippen LogP contribution in [0, 0.1) is 0 Å². The third kappa shape index (κ3) is 5.21. The number of benzene rings is 1. The molecule has 160 valence electrons. The quantitative estimate of drug-likeness (QED) is 0.655. The highest BCUT2D eigenvalue weighted by Crippen LogP contribution is 2.23. The Hall–Kier alpha value is -1.94. The summed E-state index contributed by atoms with van der Waals surface area (Å²) in [6.07, 6.45) is 2.87. The van der Waals surface area contributed by atoms with Crippen molar-refractivity contribution >= 4 is 27.7 Å². The van der Waals surface area contributed by atoms with Crippen LogP contribution in [0.15, 0.2) is 58.6 Å². The Kier molecular flexibility index (Phi) is 6.72. The first kappa shape index (κ1) is 21.3. The van der Waals surface area contributed by atoms with Gasteiger partial charge in [-0.15, -0.1) is 11.8 Å². The second kappa shape index (κ2) is 9.47. The molecule has 30 heavy (non-hydrogen) atoms. The molecule has 1 amide bonds. The minimum absolute atomic E-state index is 0.0962. The van der Waals surface area contributed by atoms with Crippen LogP contribution >= 0.6 is 11.8 Å². The fourth-order valence-electron chi connectivity index (χ4n) is 3.71. The second-order valence-corrected chi connectivity index (χ2v) is 10.6. The van der Waals surface area contributed by atoms with Crippen LogP contribution in [0.5, 0.6) is 0 Å². The van der Waals surface area contributed by atoms with Crippen molar-refractivity contribution in [2.75, 3.05) is 31.9 Å². The van der Waals surface area contributed by atoms with E-state index in [-0.39, 0.29) is 16.8 Å². The van der Waals surface area contributed by atoms with Crippen molar-refractivity contribution in [3.05, 3.63) is 54.2 Å². The lowest BCUT2D eigenvalue weighted by molar-refractivity contribution is -0.119. The molecule has 2 aliphatic rings. The van der Waals surface area contributed by atoms with Crippen LogP contribution < -0.4 is 5.32 Å². The number of hydrogen-bond acceptors (Lipinski definition) is 6. The van der Waals surface area contributed by atoms with Crippen molar-refractivity contribution in [1.29, 1.82) is 0 Å². The summed E-state index contributed by atoms with van der Waals surface area (Å²) in [5, 5.41) is 3.69. The zero-order chi connectivity index (χ0) is 21.0. The van der Waals surface area contributed by atoms with E-state index >= 15 is 0 Å². The predicted octanol–water partition coefficient (Wildman–Crippen LogP) is 1.96. The molecule has 1 atom stereocenters. The molecule has 2 aromatic rings. The molecule has 0 radical (unpaired) electrons. The number of thioether (sulfide) groups is 1. The molecule has 3 heterocycles. The Balaban J connectivity index is 1.30. The number of hydrogen-bond donors (Lipinski definition) is 1. The molecule has 7 nitrogen and oxygen atoms in total. The zero-order valence-corrected chi connectivity index (χ0v) is 18.4. The van der Waals surface area contributed by atoms with E-state index in [0.717, 1.165) is 23.7 Å². The summed E-state index contributed by atoms with van der Waals surface area (Å²) in [7, 11) is -3.54. The van der Waals surface area contributed by atoms with Gasteiger partial charge in [-0.3, -0.25) is 9.69 Å². The molecule has 0 saturated carbocycles. The Morgan fingerprint density at radius 1 is 1.07 bits per heavy atom. The van der Waals surface area contributed by atoms with Crippen molar-refractivity contribution in [3.63, 3.8) is 0 Å². The maximum atomic E-state index is 13.0. The number of aromatic nitrogens is 1. The molecule has 9 heteroatoms. The first-order valence-electron chi connectivity index (χ1n) is 10.2. The predicted molar refractivity (Wildman–Crippen MR) is 117 cm³/mol. The standard InChI is InChI=1S/C21H26N4O3S2/c26-20-8-6-18(23-20)16-29-21-9-7-19(14-22-21)30(27,28)25-12-10-24(11-13-25)15-17-4-2-1-3-5-17/h1-5,7,9,14,18H,6,8,10-13,15-16H2,(H,23,26). The zero-order valence-electron chi connectivity index (χ0n) is 16.7. The van der Waals surface area contributed by atoms with Crippen LogP contribution in [0.4, 0.5) is 0 Å². The van der Waals surface area contributed by atoms with E-state index in [1.807, 2.05) is 18.2 Å². The number of rotatable bonds is 7. The first-order chi connectivity index (χ1) is 14.5. The highest BCUT2D eigenvalue weighted by molar-refractivity contribution is 7.99. The molecule has 1 aromatic heterocycles. The number of piperazine rings is 1. The van der Waals surface area contributed by atoms with Gasteiger partial charge in [-0.2, -0.15) is 4.31 Å². The maximum absolute atomic E-state index is 13.0. The van der Waals surface area contributed by atoms with Crippen LogP contribution in [-0.2, 0) is 21.4 Å². The number of carbonyl (C=O) groups is 1. The van der Waals surface area contributed by atoms with Gasteiger partial charge >= 0.3 is 0 Å². The number of nitrogens with zero attached hydrogens (tertiary/aromatic N) is 3. The summed E-state index contributed by atoms with van der Waals surface area (Å²) in [6, 6.07) is 13.8. The van der Waals surface area contributed by atoms with Crippen molar-refractivity contribution < 1.29 is 13.2 Å². The SMILES string of the molecule is O=C1CCC(CSc2ccc(S(=O)(=O)N3CCN(Cc4ccccc4)CC3)cn2)N1. The van der Waals surface area contributed by atoms with E-state index in [9.17, 15) is 13.2 Å². The largest absolute Gasteiger partial charge is 0.353 e.